The van der Waals surface area contributed by atoms with E-state index >= 15 is 0 Å². The van der Waals surface area contributed by atoms with Gasteiger partial charge in [0.1, 0.15) is 12.2 Å². The fourth-order valence-electron chi connectivity index (χ4n) is 3.36. The van der Waals surface area contributed by atoms with Crippen molar-refractivity contribution in [2.45, 2.75) is 77.2 Å². The first-order valence-corrected chi connectivity index (χ1v) is 15.7. The van der Waals surface area contributed by atoms with Gasteiger partial charge in [0.05, 0.1) is 18.7 Å². The summed E-state index contributed by atoms with van der Waals surface area (Å²) in [4.78, 5) is 37.1. The van der Waals surface area contributed by atoms with Gasteiger partial charge in [-0.15, -0.1) is 0 Å². The predicted molar refractivity (Wildman–Crippen MR) is 136 cm³/mol. The van der Waals surface area contributed by atoms with Gasteiger partial charge in [0, 0.05) is 21.2 Å². The van der Waals surface area contributed by atoms with Crippen LogP contribution in [-0.2, 0) is 20.8 Å². The Balaban J connectivity index is 1.93. The van der Waals surface area contributed by atoms with Gasteiger partial charge in [-0.25, -0.2) is 19.4 Å². The second kappa shape index (κ2) is 12.8. The second-order valence-electron chi connectivity index (χ2n) is 10.9. The Kier molecular flexibility index (Phi) is 10.4. The molecule has 3 N–H and O–H groups in total. The Morgan fingerprint density at radius 2 is 1.63 bits per heavy atom. The van der Waals surface area contributed by atoms with Crippen LogP contribution in [0.2, 0.25) is 25.7 Å². The van der Waals surface area contributed by atoms with Crippen LogP contribution in [0.1, 0.15) is 32.8 Å². The van der Waals surface area contributed by atoms with Crippen molar-refractivity contribution in [1.29, 1.82) is 0 Å². The first-order chi connectivity index (χ1) is 16.3. The number of carbonyl (C=O) groups excluding carboxylic acids is 3. The molecule has 1 fully saturated rings. The Morgan fingerprint density at radius 3 is 2.26 bits per heavy atom. The van der Waals surface area contributed by atoms with E-state index in [0.717, 1.165) is 11.6 Å². The number of ether oxygens (including phenoxy) is 3. The number of hydrazine groups is 1. The largest absolute Gasteiger partial charge is 0.449 e. The van der Waals surface area contributed by atoms with Crippen molar-refractivity contribution >= 4 is 26.4 Å². The molecule has 1 aliphatic rings. The topological polar surface area (TPSA) is 118 Å². The second-order valence-corrected chi connectivity index (χ2v) is 16.5. The van der Waals surface area contributed by atoms with E-state index in [2.05, 4.69) is 35.7 Å². The molecule has 0 unspecified atom stereocenters. The van der Waals surface area contributed by atoms with Crippen molar-refractivity contribution < 1.29 is 28.6 Å². The van der Waals surface area contributed by atoms with Crippen LogP contribution in [-0.4, -0.2) is 68.7 Å². The van der Waals surface area contributed by atoms with Crippen LogP contribution in [0.15, 0.2) is 30.3 Å². The number of nitrogens with one attached hydrogen (secondary N) is 3. The van der Waals surface area contributed by atoms with Crippen molar-refractivity contribution in [2.24, 2.45) is 0 Å². The number of hydrogen-bond acceptors (Lipinski definition) is 7. The van der Waals surface area contributed by atoms with E-state index in [-0.39, 0.29) is 13.2 Å². The summed E-state index contributed by atoms with van der Waals surface area (Å²) in [5.41, 5.74) is 2.93. The summed E-state index contributed by atoms with van der Waals surface area (Å²) in [5.74, 6) is 0. The number of hydrogen-bond donors (Lipinski definition) is 3. The van der Waals surface area contributed by atoms with Crippen molar-refractivity contribution in [3.8, 4) is 0 Å². The lowest BCUT2D eigenvalue weighted by Gasteiger charge is -2.38. The van der Waals surface area contributed by atoms with Crippen LogP contribution in [0.4, 0.5) is 14.4 Å². The first-order valence-electron chi connectivity index (χ1n) is 12.0. The van der Waals surface area contributed by atoms with Gasteiger partial charge in [-0.3, -0.25) is 5.43 Å². The minimum atomic E-state index is -1.31. The average Bonchev–Trinajstić information content (AvgIpc) is 2.72. The number of alkyl carbamates (subject to hydrolysis) is 2. The molecule has 1 saturated heterocycles. The summed E-state index contributed by atoms with van der Waals surface area (Å²) in [6, 6.07) is 9.31. The molecule has 11 heteroatoms. The van der Waals surface area contributed by atoms with Gasteiger partial charge in [0.2, 0.25) is 0 Å². The molecule has 196 valence electrons. The standard InChI is InChI=1S/C24H40N4O6Si/c1-24(2,3)34-22(30)26-20-16-28(27-23(31)32-14-15-35(4,5)6)13-12-19(20)25-21(29)33-17-18-10-8-7-9-11-18/h7-11,19-20H,12-17H2,1-6H3,(H,25,29)(H,26,30)(H,27,31)/t19-,20+/m0/s1. The highest BCUT2D eigenvalue weighted by Gasteiger charge is 2.34. The fraction of sp³-hybridized carbons (Fsp3) is 0.625. The van der Waals surface area contributed by atoms with Crippen LogP contribution in [0.3, 0.4) is 0 Å². The molecule has 35 heavy (non-hydrogen) atoms. The summed E-state index contributed by atoms with van der Waals surface area (Å²) in [6.07, 6.45) is -1.25. The van der Waals surface area contributed by atoms with Gasteiger partial charge >= 0.3 is 18.3 Å². The molecule has 10 nitrogen and oxygen atoms in total. The van der Waals surface area contributed by atoms with E-state index in [4.69, 9.17) is 14.2 Å². The zero-order chi connectivity index (χ0) is 26.1. The SMILES string of the molecule is CC(C)(C)OC(=O)N[C@@H]1CN(NC(=O)OCC[Si](C)(C)C)CC[C@@H]1NC(=O)OCc1ccccc1. The zero-order valence-corrected chi connectivity index (χ0v) is 22.7. The lowest BCUT2D eigenvalue weighted by molar-refractivity contribution is 0.0396. The molecule has 0 aliphatic carbocycles. The maximum atomic E-state index is 12.4. The maximum Gasteiger partial charge on any atom is 0.421 e. The van der Waals surface area contributed by atoms with Crippen LogP contribution in [0.25, 0.3) is 0 Å². The van der Waals surface area contributed by atoms with Gasteiger partial charge in [-0.2, -0.15) is 0 Å². The maximum absolute atomic E-state index is 12.4. The molecule has 1 aromatic carbocycles. The summed E-state index contributed by atoms with van der Waals surface area (Å²) in [7, 11) is -1.31. The zero-order valence-electron chi connectivity index (χ0n) is 21.7. The average molecular weight is 509 g/mol. The number of rotatable bonds is 8. The molecule has 1 heterocycles. The van der Waals surface area contributed by atoms with Crippen molar-refractivity contribution in [3.63, 3.8) is 0 Å². The van der Waals surface area contributed by atoms with Crippen LogP contribution in [0, 0.1) is 0 Å². The quantitative estimate of drug-likeness (QED) is 0.360. The molecule has 1 aliphatic heterocycles. The van der Waals surface area contributed by atoms with E-state index < -0.39 is 44.0 Å². The minimum absolute atomic E-state index is 0.139. The highest BCUT2D eigenvalue weighted by atomic mass is 28.3. The van der Waals surface area contributed by atoms with E-state index in [1.54, 1.807) is 25.8 Å². The lowest BCUT2D eigenvalue weighted by Crippen LogP contribution is -2.63. The third-order valence-corrected chi connectivity index (χ3v) is 6.87. The van der Waals surface area contributed by atoms with E-state index in [1.807, 2.05) is 30.3 Å². The van der Waals surface area contributed by atoms with Crippen LogP contribution >= 0.6 is 0 Å². The van der Waals surface area contributed by atoms with Crippen LogP contribution in [0.5, 0.6) is 0 Å². The molecule has 0 saturated carbocycles. The van der Waals surface area contributed by atoms with E-state index in [9.17, 15) is 14.4 Å². The van der Waals surface area contributed by atoms with E-state index in [1.165, 1.54) is 0 Å². The van der Waals surface area contributed by atoms with Gasteiger partial charge in [-0.05, 0) is 38.8 Å². The fourth-order valence-corrected chi connectivity index (χ4v) is 4.07. The minimum Gasteiger partial charge on any atom is -0.449 e. The molecule has 1 aromatic rings. The van der Waals surface area contributed by atoms with Crippen molar-refractivity contribution in [1.82, 2.24) is 21.1 Å². The van der Waals surface area contributed by atoms with Crippen molar-refractivity contribution in [2.75, 3.05) is 19.7 Å². The Bertz CT molecular complexity index is 841. The Hall–Kier alpha value is -2.79. The summed E-state index contributed by atoms with van der Waals surface area (Å²) >= 11 is 0. The molecule has 0 radical (unpaired) electrons. The molecule has 0 aromatic heterocycles. The molecular formula is C24H40N4O6Si. The Labute approximate surface area is 209 Å². The third kappa shape index (κ3) is 11.9. The van der Waals surface area contributed by atoms with Gasteiger partial charge in [0.25, 0.3) is 0 Å². The summed E-state index contributed by atoms with van der Waals surface area (Å²) in [6.45, 7) is 13.2. The number of benzene rings is 1. The molecular weight excluding hydrogens is 468 g/mol. The highest BCUT2D eigenvalue weighted by Crippen LogP contribution is 2.14. The van der Waals surface area contributed by atoms with Crippen molar-refractivity contribution in [3.05, 3.63) is 35.9 Å². The summed E-state index contributed by atoms with van der Waals surface area (Å²) in [5, 5.41) is 7.32. The van der Waals surface area contributed by atoms with E-state index in [0.29, 0.717) is 19.6 Å². The molecule has 3 amide bonds. The highest BCUT2D eigenvalue weighted by molar-refractivity contribution is 6.76. The van der Waals surface area contributed by atoms with Crippen LogP contribution < -0.4 is 16.1 Å². The molecule has 0 spiro atoms. The monoisotopic (exact) mass is 508 g/mol. The Morgan fingerprint density at radius 1 is 0.971 bits per heavy atom. The number of carbonyl (C=O) groups is 3. The molecule has 0 bridgehead atoms. The lowest BCUT2D eigenvalue weighted by atomic mass is 10.0. The number of amides is 3. The summed E-state index contributed by atoms with van der Waals surface area (Å²) < 4.78 is 16.0. The molecule has 2 atom stereocenters. The number of nitrogens with zero attached hydrogens (tertiary/aromatic N) is 1. The van der Waals surface area contributed by atoms with Gasteiger partial charge < -0.3 is 24.8 Å². The number of piperidine rings is 1. The smallest absolute Gasteiger partial charge is 0.421 e. The predicted octanol–water partition coefficient (Wildman–Crippen LogP) is 3.86. The van der Waals surface area contributed by atoms with Gasteiger partial charge in [0.15, 0.2) is 0 Å². The first kappa shape index (κ1) is 28.4. The third-order valence-electron chi connectivity index (χ3n) is 5.17. The van der Waals surface area contributed by atoms with Gasteiger partial charge in [-0.1, -0.05) is 50.0 Å². The normalized spacial score (nSPS) is 18.8. The molecule has 2 rings (SSSR count).